The summed E-state index contributed by atoms with van der Waals surface area (Å²) in [5.41, 5.74) is 9.03. The van der Waals surface area contributed by atoms with E-state index < -0.39 is 10.8 Å². The van der Waals surface area contributed by atoms with E-state index in [1.807, 2.05) is 13.0 Å². The first-order valence-electron chi connectivity index (χ1n) is 9.70. The molecule has 3 aromatic rings. The Morgan fingerprint density at radius 2 is 2.18 bits per heavy atom. The Labute approximate surface area is 196 Å². The summed E-state index contributed by atoms with van der Waals surface area (Å²) in [7, 11) is 1.50. The van der Waals surface area contributed by atoms with Crippen molar-refractivity contribution in [2.45, 2.75) is 19.4 Å². The van der Waals surface area contributed by atoms with Crippen LogP contribution in [0.5, 0.6) is 17.4 Å². The number of ether oxygens (including phenoxy) is 3. The topological polar surface area (TPSA) is 149 Å². The third-order valence-electron chi connectivity index (χ3n) is 5.22. The van der Waals surface area contributed by atoms with Crippen molar-refractivity contribution in [3.8, 4) is 23.4 Å². The second-order valence-corrected chi connectivity index (χ2v) is 8.10. The number of halogens is 1. The second-order valence-electron chi connectivity index (χ2n) is 7.24. The summed E-state index contributed by atoms with van der Waals surface area (Å²) in [6.07, 6.45) is 0. The number of hydrogen-bond acceptors (Lipinski definition) is 8. The molecule has 0 aliphatic carbocycles. The van der Waals surface area contributed by atoms with Gasteiger partial charge in [-0.05, 0) is 46.1 Å². The third-order valence-corrected chi connectivity index (χ3v) is 5.81. The number of rotatable bonds is 6. The number of aromatic amines is 1. The zero-order chi connectivity index (χ0) is 23.7. The summed E-state index contributed by atoms with van der Waals surface area (Å²) in [5, 5.41) is 27.8. The lowest BCUT2D eigenvalue weighted by Gasteiger charge is -2.25. The van der Waals surface area contributed by atoms with E-state index in [0.717, 1.165) is 11.3 Å². The Hall–Kier alpha value is -4.04. The molecule has 0 amide bonds. The van der Waals surface area contributed by atoms with Crippen LogP contribution in [0.4, 0.5) is 5.69 Å². The lowest BCUT2D eigenvalue weighted by Crippen LogP contribution is -2.21. The maximum atomic E-state index is 11.0. The number of aromatic nitrogens is 2. The molecule has 0 fully saturated rings. The number of nitro groups is 1. The number of nitriles is 1. The number of hydrogen-bond donors (Lipinski definition) is 2. The lowest BCUT2D eigenvalue weighted by molar-refractivity contribution is -0.384. The van der Waals surface area contributed by atoms with Crippen molar-refractivity contribution in [1.29, 1.82) is 5.26 Å². The van der Waals surface area contributed by atoms with Crippen LogP contribution in [0.3, 0.4) is 0 Å². The molecule has 33 heavy (non-hydrogen) atoms. The molecule has 0 radical (unpaired) electrons. The molecule has 0 saturated carbocycles. The molecule has 1 aliphatic heterocycles. The van der Waals surface area contributed by atoms with E-state index in [-0.39, 0.29) is 23.8 Å². The second kappa shape index (κ2) is 8.84. The van der Waals surface area contributed by atoms with Crippen LogP contribution < -0.4 is 19.9 Å². The Morgan fingerprint density at radius 1 is 1.39 bits per heavy atom. The number of benzene rings is 2. The van der Waals surface area contributed by atoms with Gasteiger partial charge in [0.1, 0.15) is 18.2 Å². The number of methoxy groups -OCH3 is 1. The van der Waals surface area contributed by atoms with Gasteiger partial charge in [-0.1, -0.05) is 12.1 Å². The molecule has 0 unspecified atom stereocenters. The number of non-ortho nitro benzene ring substituents is 1. The van der Waals surface area contributed by atoms with Gasteiger partial charge in [-0.25, -0.2) is 0 Å². The highest BCUT2D eigenvalue weighted by Crippen LogP contribution is 2.46. The number of H-pyrrole nitrogens is 1. The molecular weight excluding hydrogens is 494 g/mol. The molecule has 11 heteroatoms. The van der Waals surface area contributed by atoms with E-state index >= 15 is 0 Å². The molecule has 4 rings (SSSR count). The number of nitrogens with zero attached hydrogens (tertiary/aromatic N) is 3. The van der Waals surface area contributed by atoms with Crippen LogP contribution in [-0.2, 0) is 6.61 Å². The highest BCUT2D eigenvalue weighted by molar-refractivity contribution is 9.10. The summed E-state index contributed by atoms with van der Waals surface area (Å²) in [5.74, 6) is 0.612. The standard InChI is InChI=1S/C22H18BrN5O5/c1-11-18-19(15(9-24)21(25)33-22(18)27-26-11)13-7-16(23)20(17(8-13)31-2)32-10-12-4-3-5-14(6-12)28(29)30/h3-8,19H,10,25H2,1-2H3,(H,26,27)/t19-/m1/s1. The van der Waals surface area contributed by atoms with Crippen molar-refractivity contribution in [3.05, 3.63) is 84.8 Å². The molecule has 0 saturated heterocycles. The predicted molar refractivity (Wildman–Crippen MR) is 121 cm³/mol. The van der Waals surface area contributed by atoms with Gasteiger partial charge >= 0.3 is 0 Å². The molecule has 0 bridgehead atoms. The van der Waals surface area contributed by atoms with E-state index in [9.17, 15) is 15.4 Å². The first-order chi connectivity index (χ1) is 15.8. The van der Waals surface area contributed by atoms with Crippen LogP contribution in [0.15, 0.2) is 52.3 Å². The molecule has 10 nitrogen and oxygen atoms in total. The summed E-state index contributed by atoms with van der Waals surface area (Å²) in [6.45, 7) is 1.93. The minimum absolute atomic E-state index is 0.0115. The minimum atomic E-state index is -0.520. The number of fused-ring (bicyclic) bond motifs is 1. The monoisotopic (exact) mass is 511 g/mol. The molecule has 1 aromatic heterocycles. The smallest absolute Gasteiger partial charge is 0.269 e. The zero-order valence-corrected chi connectivity index (χ0v) is 19.2. The van der Waals surface area contributed by atoms with Crippen molar-refractivity contribution in [1.82, 2.24) is 10.2 Å². The van der Waals surface area contributed by atoms with E-state index in [2.05, 4.69) is 32.2 Å². The molecule has 1 aliphatic rings. The first-order valence-corrected chi connectivity index (χ1v) is 10.5. The number of aryl methyl sites for hydroxylation is 1. The van der Waals surface area contributed by atoms with E-state index in [4.69, 9.17) is 19.9 Å². The maximum absolute atomic E-state index is 11.0. The summed E-state index contributed by atoms with van der Waals surface area (Å²) in [4.78, 5) is 10.6. The SMILES string of the molecule is COc1cc([C@@H]2C(C#N)=C(N)Oc3n[nH]c(C)c32)cc(Br)c1OCc1cccc([N+](=O)[O-])c1. The number of nitro benzene ring substituents is 1. The van der Waals surface area contributed by atoms with Crippen LogP contribution >= 0.6 is 15.9 Å². The Morgan fingerprint density at radius 3 is 2.88 bits per heavy atom. The van der Waals surface area contributed by atoms with Crippen LogP contribution in [-0.4, -0.2) is 22.2 Å². The predicted octanol–water partition coefficient (Wildman–Crippen LogP) is 4.19. The summed E-state index contributed by atoms with van der Waals surface area (Å²) >= 11 is 3.52. The average Bonchev–Trinajstić information content (AvgIpc) is 3.16. The van der Waals surface area contributed by atoms with Crippen molar-refractivity contribution in [2.24, 2.45) is 5.73 Å². The van der Waals surface area contributed by atoms with Crippen molar-refractivity contribution < 1.29 is 19.1 Å². The molecule has 1 atom stereocenters. The fraction of sp³-hybridized carbons (Fsp3) is 0.182. The Kier molecular flexibility index (Phi) is 5.93. The zero-order valence-electron chi connectivity index (χ0n) is 17.6. The largest absolute Gasteiger partial charge is 0.493 e. The van der Waals surface area contributed by atoms with Gasteiger partial charge in [0, 0.05) is 23.4 Å². The highest BCUT2D eigenvalue weighted by Gasteiger charge is 2.35. The van der Waals surface area contributed by atoms with Gasteiger partial charge in [0.15, 0.2) is 11.5 Å². The molecule has 3 N–H and O–H groups in total. The van der Waals surface area contributed by atoms with E-state index in [1.165, 1.54) is 19.2 Å². The first kappa shape index (κ1) is 22.2. The van der Waals surface area contributed by atoms with Gasteiger partial charge in [-0.15, -0.1) is 5.10 Å². The fourth-order valence-corrected chi connectivity index (χ4v) is 4.27. The third kappa shape index (κ3) is 4.08. The van der Waals surface area contributed by atoms with Gasteiger partial charge < -0.3 is 19.9 Å². The normalized spacial score (nSPS) is 14.8. The van der Waals surface area contributed by atoms with Crippen LogP contribution in [0.1, 0.15) is 28.3 Å². The molecule has 2 aromatic carbocycles. The molecule has 0 spiro atoms. The molecule has 168 valence electrons. The van der Waals surface area contributed by atoms with E-state index in [0.29, 0.717) is 33.0 Å². The molecular formula is C22H18BrN5O5. The number of allylic oxidation sites excluding steroid dienone is 1. The lowest BCUT2D eigenvalue weighted by atomic mass is 9.84. The van der Waals surface area contributed by atoms with Crippen LogP contribution in [0.25, 0.3) is 0 Å². The number of nitrogens with one attached hydrogen (secondary N) is 1. The van der Waals surface area contributed by atoms with Gasteiger partial charge in [-0.2, -0.15) is 5.26 Å². The Bertz CT molecular complexity index is 1330. The Balaban J connectivity index is 1.71. The van der Waals surface area contributed by atoms with Gasteiger partial charge in [0.05, 0.1) is 22.4 Å². The van der Waals surface area contributed by atoms with Crippen molar-refractivity contribution in [2.75, 3.05) is 7.11 Å². The molecule has 2 heterocycles. The van der Waals surface area contributed by atoms with E-state index in [1.54, 1.807) is 18.2 Å². The fourth-order valence-electron chi connectivity index (χ4n) is 3.69. The number of nitrogens with two attached hydrogens (primary N) is 1. The van der Waals surface area contributed by atoms with Gasteiger partial charge in [-0.3, -0.25) is 15.2 Å². The van der Waals surface area contributed by atoms with Crippen molar-refractivity contribution in [3.63, 3.8) is 0 Å². The van der Waals surface area contributed by atoms with Gasteiger partial charge in [0.25, 0.3) is 5.69 Å². The van der Waals surface area contributed by atoms with Gasteiger partial charge in [0.2, 0.25) is 11.8 Å². The van der Waals surface area contributed by atoms with Crippen LogP contribution in [0.2, 0.25) is 0 Å². The minimum Gasteiger partial charge on any atom is -0.493 e. The van der Waals surface area contributed by atoms with Crippen molar-refractivity contribution >= 4 is 21.6 Å². The quantitative estimate of drug-likeness (QED) is 0.369. The average molecular weight is 512 g/mol. The summed E-state index contributed by atoms with van der Waals surface area (Å²) < 4.78 is 17.6. The maximum Gasteiger partial charge on any atom is 0.269 e. The van der Waals surface area contributed by atoms with Crippen LogP contribution in [0, 0.1) is 28.4 Å². The highest BCUT2D eigenvalue weighted by atomic mass is 79.9. The summed E-state index contributed by atoms with van der Waals surface area (Å²) in [6, 6.07) is 11.9.